The second-order valence-electron chi connectivity index (χ2n) is 4.20. The van der Waals surface area contributed by atoms with E-state index in [2.05, 4.69) is 4.98 Å². The molecule has 1 heterocycles. The lowest BCUT2D eigenvalue weighted by atomic mass is 10.1. The molecule has 0 aliphatic heterocycles. The van der Waals surface area contributed by atoms with Gasteiger partial charge in [-0.3, -0.25) is 0 Å². The minimum absolute atomic E-state index is 0.0735. The maximum absolute atomic E-state index is 12.7. The molecule has 0 amide bonds. The zero-order chi connectivity index (χ0) is 14.0. The van der Waals surface area contributed by atoms with E-state index in [1.165, 1.54) is 0 Å². The summed E-state index contributed by atoms with van der Waals surface area (Å²) in [5.41, 5.74) is 1.47. The maximum atomic E-state index is 12.7. The van der Waals surface area contributed by atoms with Crippen LogP contribution < -0.4 is 0 Å². The quantitative estimate of drug-likeness (QED) is 0.767. The number of pyridine rings is 1. The predicted molar refractivity (Wildman–Crippen MR) is 71.4 cm³/mol. The fourth-order valence-corrected chi connectivity index (χ4v) is 2.02. The molecule has 0 unspecified atom stereocenters. The van der Waals surface area contributed by atoms with Gasteiger partial charge in [0.15, 0.2) is 0 Å². The standard InChI is InChI=1S/C14H12F3NS/c1-2-9-3-5-10(6-4-9)12-7-11(14(15,16)17)8-13(19)18-12/h3-8H,2H2,1H3,(H,18,19). The number of aromatic nitrogens is 1. The van der Waals surface area contributed by atoms with Crippen molar-refractivity contribution in [1.29, 1.82) is 0 Å². The maximum Gasteiger partial charge on any atom is 0.416 e. The van der Waals surface area contributed by atoms with E-state index in [0.717, 1.165) is 24.1 Å². The van der Waals surface area contributed by atoms with Crippen LogP contribution in [0.1, 0.15) is 18.1 Å². The summed E-state index contributed by atoms with van der Waals surface area (Å²) in [5.74, 6) is 0. The summed E-state index contributed by atoms with van der Waals surface area (Å²) in [5, 5.41) is 0. The van der Waals surface area contributed by atoms with Crippen LogP contribution in [0.25, 0.3) is 11.3 Å². The Kier molecular flexibility index (Phi) is 3.75. The van der Waals surface area contributed by atoms with Gasteiger partial charge in [0.1, 0.15) is 4.64 Å². The number of aryl methyl sites for hydroxylation is 1. The SMILES string of the molecule is CCc1ccc(-c2cc(C(F)(F)F)cc(=S)[nH]2)cc1. The summed E-state index contributed by atoms with van der Waals surface area (Å²) in [4.78, 5) is 2.79. The van der Waals surface area contributed by atoms with Gasteiger partial charge in [-0.25, -0.2) is 0 Å². The van der Waals surface area contributed by atoms with Crippen molar-refractivity contribution in [3.8, 4) is 11.3 Å². The van der Waals surface area contributed by atoms with E-state index in [1.807, 2.05) is 19.1 Å². The molecule has 0 bridgehead atoms. The predicted octanol–water partition coefficient (Wildman–Crippen LogP) is 4.99. The van der Waals surface area contributed by atoms with Gasteiger partial charge in [0.05, 0.1) is 5.56 Å². The molecule has 1 nitrogen and oxygen atoms in total. The van der Waals surface area contributed by atoms with Crippen molar-refractivity contribution < 1.29 is 13.2 Å². The zero-order valence-corrected chi connectivity index (χ0v) is 11.0. The first-order valence-corrected chi connectivity index (χ1v) is 6.22. The fraction of sp³-hybridized carbons (Fsp3) is 0.214. The smallest absolute Gasteiger partial charge is 0.346 e. The van der Waals surface area contributed by atoms with Crippen molar-refractivity contribution in [2.24, 2.45) is 0 Å². The number of H-pyrrole nitrogens is 1. The van der Waals surface area contributed by atoms with Crippen molar-refractivity contribution in [3.63, 3.8) is 0 Å². The van der Waals surface area contributed by atoms with Gasteiger partial charge in [-0.1, -0.05) is 43.4 Å². The Balaban J connectivity index is 2.49. The molecule has 19 heavy (non-hydrogen) atoms. The lowest BCUT2D eigenvalue weighted by molar-refractivity contribution is -0.137. The molecule has 0 saturated heterocycles. The van der Waals surface area contributed by atoms with Gasteiger partial charge in [0.2, 0.25) is 0 Å². The van der Waals surface area contributed by atoms with Crippen LogP contribution in [0, 0.1) is 4.64 Å². The van der Waals surface area contributed by atoms with Gasteiger partial charge in [-0.05, 0) is 29.7 Å². The van der Waals surface area contributed by atoms with Crippen LogP contribution in [-0.2, 0) is 12.6 Å². The first-order valence-electron chi connectivity index (χ1n) is 5.81. The number of benzene rings is 1. The van der Waals surface area contributed by atoms with Crippen LogP contribution in [0.15, 0.2) is 36.4 Å². The minimum Gasteiger partial charge on any atom is -0.346 e. The summed E-state index contributed by atoms with van der Waals surface area (Å²) in [6.45, 7) is 2.02. The van der Waals surface area contributed by atoms with Crippen molar-refractivity contribution >= 4 is 12.2 Å². The van der Waals surface area contributed by atoms with E-state index >= 15 is 0 Å². The molecule has 0 aliphatic carbocycles. The Morgan fingerprint density at radius 2 is 1.74 bits per heavy atom. The number of aromatic amines is 1. The highest BCUT2D eigenvalue weighted by molar-refractivity contribution is 7.71. The molecule has 2 aromatic rings. The molecule has 2 rings (SSSR count). The topological polar surface area (TPSA) is 15.8 Å². The van der Waals surface area contributed by atoms with Crippen molar-refractivity contribution in [2.45, 2.75) is 19.5 Å². The molecular formula is C14H12F3NS. The second kappa shape index (κ2) is 5.17. The van der Waals surface area contributed by atoms with Crippen LogP contribution in [0.4, 0.5) is 13.2 Å². The Bertz CT molecular complexity index is 626. The largest absolute Gasteiger partial charge is 0.416 e. The zero-order valence-electron chi connectivity index (χ0n) is 10.2. The fourth-order valence-electron chi connectivity index (χ4n) is 1.78. The van der Waals surface area contributed by atoms with E-state index < -0.39 is 11.7 Å². The first-order chi connectivity index (χ1) is 8.90. The van der Waals surface area contributed by atoms with E-state index in [1.54, 1.807) is 12.1 Å². The number of hydrogen-bond donors (Lipinski definition) is 1. The average molecular weight is 283 g/mol. The van der Waals surface area contributed by atoms with Crippen molar-refractivity contribution in [1.82, 2.24) is 4.98 Å². The van der Waals surface area contributed by atoms with Crippen molar-refractivity contribution in [3.05, 3.63) is 52.2 Å². The third-order valence-corrected chi connectivity index (χ3v) is 3.06. The van der Waals surface area contributed by atoms with Gasteiger partial charge >= 0.3 is 6.18 Å². The lowest BCUT2D eigenvalue weighted by Crippen LogP contribution is -2.05. The molecular weight excluding hydrogens is 271 g/mol. The van der Waals surface area contributed by atoms with Gasteiger partial charge < -0.3 is 4.98 Å². The number of hydrogen-bond acceptors (Lipinski definition) is 1. The molecule has 0 saturated carbocycles. The number of alkyl halides is 3. The van der Waals surface area contributed by atoms with Gasteiger partial charge in [-0.15, -0.1) is 0 Å². The number of rotatable bonds is 2. The van der Waals surface area contributed by atoms with E-state index in [-0.39, 0.29) is 4.64 Å². The molecule has 0 fully saturated rings. The third kappa shape index (κ3) is 3.23. The van der Waals surface area contributed by atoms with Gasteiger partial charge in [-0.2, -0.15) is 13.2 Å². The Morgan fingerprint density at radius 3 is 2.26 bits per heavy atom. The summed E-state index contributed by atoms with van der Waals surface area (Å²) in [6.07, 6.45) is -3.50. The Labute approximate surface area is 114 Å². The van der Waals surface area contributed by atoms with E-state index in [4.69, 9.17) is 12.2 Å². The normalized spacial score (nSPS) is 11.6. The Morgan fingerprint density at radius 1 is 1.11 bits per heavy atom. The number of halogens is 3. The van der Waals surface area contributed by atoms with Crippen LogP contribution in [-0.4, -0.2) is 4.98 Å². The summed E-state index contributed by atoms with van der Waals surface area (Å²) >= 11 is 4.85. The summed E-state index contributed by atoms with van der Waals surface area (Å²) in [7, 11) is 0. The highest BCUT2D eigenvalue weighted by atomic mass is 32.1. The summed E-state index contributed by atoms with van der Waals surface area (Å²) < 4.78 is 38.2. The molecule has 1 aromatic heterocycles. The lowest BCUT2D eigenvalue weighted by Gasteiger charge is -2.09. The molecule has 5 heteroatoms. The molecule has 1 aromatic carbocycles. The molecule has 0 aliphatic rings. The van der Waals surface area contributed by atoms with Crippen LogP contribution in [0.5, 0.6) is 0 Å². The van der Waals surface area contributed by atoms with E-state index in [9.17, 15) is 13.2 Å². The van der Waals surface area contributed by atoms with Crippen molar-refractivity contribution in [2.75, 3.05) is 0 Å². The molecule has 0 spiro atoms. The molecule has 1 N–H and O–H groups in total. The average Bonchev–Trinajstić information content (AvgIpc) is 2.37. The van der Waals surface area contributed by atoms with Crippen LogP contribution in [0.2, 0.25) is 0 Å². The van der Waals surface area contributed by atoms with Crippen LogP contribution >= 0.6 is 12.2 Å². The van der Waals surface area contributed by atoms with Gasteiger partial charge in [0.25, 0.3) is 0 Å². The highest BCUT2D eigenvalue weighted by Gasteiger charge is 2.31. The monoisotopic (exact) mass is 283 g/mol. The van der Waals surface area contributed by atoms with E-state index in [0.29, 0.717) is 11.3 Å². The minimum atomic E-state index is -4.39. The number of nitrogens with one attached hydrogen (secondary N) is 1. The van der Waals surface area contributed by atoms with Crippen LogP contribution in [0.3, 0.4) is 0 Å². The highest BCUT2D eigenvalue weighted by Crippen LogP contribution is 2.31. The third-order valence-electron chi connectivity index (χ3n) is 2.84. The molecule has 0 atom stereocenters. The second-order valence-corrected chi connectivity index (χ2v) is 4.64. The molecule has 0 radical (unpaired) electrons. The Hall–Kier alpha value is -1.62. The first kappa shape index (κ1) is 13.8. The summed E-state index contributed by atoms with van der Waals surface area (Å²) in [6, 6.07) is 9.38. The molecule has 100 valence electrons. The van der Waals surface area contributed by atoms with Gasteiger partial charge in [0, 0.05) is 5.69 Å².